The number of carboxylic acids is 1. The first kappa shape index (κ1) is 21.2. The zero-order chi connectivity index (χ0) is 23.5. The molecule has 0 saturated carbocycles. The smallest absolute Gasteiger partial charge is 0.307 e. The van der Waals surface area contributed by atoms with E-state index in [-0.39, 0.29) is 6.42 Å². The summed E-state index contributed by atoms with van der Waals surface area (Å²) in [5.41, 5.74) is 4.56. The van der Waals surface area contributed by atoms with Crippen LogP contribution in [0.15, 0.2) is 89.6 Å². The summed E-state index contributed by atoms with van der Waals surface area (Å²) in [5.74, 6) is 1.12. The summed E-state index contributed by atoms with van der Waals surface area (Å²) in [6.45, 7) is 0. The first-order chi connectivity index (χ1) is 16.6. The second-order valence-electron chi connectivity index (χ2n) is 7.70. The number of anilines is 2. The molecule has 2 N–H and O–H groups in total. The lowest BCUT2D eigenvalue weighted by atomic mass is 9.99. The van der Waals surface area contributed by atoms with E-state index in [4.69, 9.17) is 14.3 Å². The van der Waals surface area contributed by atoms with Gasteiger partial charge in [-0.25, -0.2) is 9.97 Å². The molecule has 0 fully saturated rings. The quantitative estimate of drug-likeness (QED) is 0.316. The fourth-order valence-corrected chi connectivity index (χ4v) is 3.92. The second-order valence-corrected chi connectivity index (χ2v) is 7.70. The highest BCUT2D eigenvalue weighted by Crippen LogP contribution is 2.43. The van der Waals surface area contributed by atoms with Crippen molar-refractivity contribution in [1.29, 1.82) is 0 Å². The molecule has 2 aromatic heterocycles. The lowest BCUT2D eigenvalue weighted by molar-refractivity contribution is -0.136. The molecule has 0 atom stereocenters. The van der Waals surface area contributed by atoms with Crippen LogP contribution in [0.4, 0.5) is 11.5 Å². The Labute approximate surface area is 195 Å². The van der Waals surface area contributed by atoms with Gasteiger partial charge in [-0.3, -0.25) is 4.79 Å². The van der Waals surface area contributed by atoms with Crippen LogP contribution in [-0.2, 0) is 11.2 Å². The van der Waals surface area contributed by atoms with Gasteiger partial charge in [-0.15, -0.1) is 0 Å². The molecule has 0 unspecified atom stereocenters. The molecule has 5 aromatic rings. The normalized spacial score (nSPS) is 10.9. The summed E-state index contributed by atoms with van der Waals surface area (Å²) in [4.78, 5) is 20.0. The number of carbonyl (C=O) groups is 1. The molecule has 0 amide bonds. The minimum absolute atomic E-state index is 0.0599. The minimum atomic E-state index is -0.884. The van der Waals surface area contributed by atoms with Gasteiger partial charge in [0.05, 0.1) is 18.9 Å². The van der Waals surface area contributed by atoms with Crippen molar-refractivity contribution in [2.24, 2.45) is 0 Å². The predicted molar refractivity (Wildman–Crippen MR) is 130 cm³/mol. The largest absolute Gasteiger partial charge is 0.497 e. The van der Waals surface area contributed by atoms with E-state index in [0.29, 0.717) is 22.9 Å². The maximum atomic E-state index is 11.1. The third-order valence-electron chi connectivity index (χ3n) is 5.45. The van der Waals surface area contributed by atoms with Crippen LogP contribution in [0.2, 0.25) is 0 Å². The first-order valence-electron chi connectivity index (χ1n) is 10.7. The molecule has 0 spiro atoms. The molecule has 5 rings (SSSR count). The van der Waals surface area contributed by atoms with Crippen LogP contribution in [0, 0.1) is 0 Å². The van der Waals surface area contributed by atoms with Gasteiger partial charge in [-0.1, -0.05) is 54.6 Å². The Kier molecular flexibility index (Phi) is 5.66. The monoisotopic (exact) mass is 451 g/mol. The molecule has 0 aliphatic rings. The van der Waals surface area contributed by atoms with Gasteiger partial charge in [0.1, 0.15) is 23.7 Å². The van der Waals surface area contributed by atoms with Gasteiger partial charge in [0.25, 0.3) is 0 Å². The van der Waals surface area contributed by atoms with Gasteiger partial charge >= 0.3 is 5.97 Å². The topological polar surface area (TPSA) is 97.5 Å². The average molecular weight is 451 g/mol. The fraction of sp³-hybridized carbons (Fsp3) is 0.0741. The van der Waals surface area contributed by atoms with Crippen molar-refractivity contribution in [1.82, 2.24) is 9.97 Å². The van der Waals surface area contributed by atoms with E-state index in [1.807, 2.05) is 66.7 Å². The molecule has 168 valence electrons. The summed E-state index contributed by atoms with van der Waals surface area (Å²) in [6.07, 6.45) is 1.39. The Morgan fingerprint density at radius 3 is 2.50 bits per heavy atom. The molecule has 0 aliphatic carbocycles. The Balaban J connectivity index is 1.68. The van der Waals surface area contributed by atoms with Crippen molar-refractivity contribution in [2.75, 3.05) is 12.4 Å². The molecule has 7 nitrogen and oxygen atoms in total. The Bertz CT molecular complexity index is 1460. The Morgan fingerprint density at radius 2 is 1.76 bits per heavy atom. The first-order valence-corrected chi connectivity index (χ1v) is 10.7. The van der Waals surface area contributed by atoms with Crippen molar-refractivity contribution in [3.05, 3.63) is 90.8 Å². The van der Waals surface area contributed by atoms with Crippen LogP contribution in [0.3, 0.4) is 0 Å². The minimum Gasteiger partial charge on any atom is -0.497 e. The number of benzene rings is 3. The number of aliphatic carboxylic acids is 1. The van der Waals surface area contributed by atoms with E-state index in [2.05, 4.69) is 15.3 Å². The van der Waals surface area contributed by atoms with E-state index in [1.54, 1.807) is 19.2 Å². The van der Waals surface area contributed by atoms with Gasteiger partial charge in [0.2, 0.25) is 5.71 Å². The third-order valence-corrected chi connectivity index (χ3v) is 5.45. The van der Waals surface area contributed by atoms with Crippen LogP contribution in [0.25, 0.3) is 33.6 Å². The van der Waals surface area contributed by atoms with Crippen LogP contribution in [-0.4, -0.2) is 28.2 Å². The molecule has 0 saturated heterocycles. The Morgan fingerprint density at radius 1 is 0.971 bits per heavy atom. The van der Waals surface area contributed by atoms with E-state index < -0.39 is 5.97 Å². The number of aromatic nitrogens is 2. The average Bonchev–Trinajstić information content (AvgIpc) is 3.25. The van der Waals surface area contributed by atoms with Gasteiger partial charge in [0.15, 0.2) is 0 Å². The summed E-state index contributed by atoms with van der Waals surface area (Å²) in [6, 6.07) is 24.8. The third kappa shape index (κ3) is 4.19. The number of rotatable bonds is 7. The van der Waals surface area contributed by atoms with Crippen molar-refractivity contribution < 1.29 is 19.1 Å². The summed E-state index contributed by atoms with van der Waals surface area (Å²) < 4.78 is 11.6. The molecule has 0 bridgehead atoms. The van der Waals surface area contributed by atoms with Crippen molar-refractivity contribution in [2.45, 2.75) is 6.42 Å². The van der Waals surface area contributed by atoms with Gasteiger partial charge in [-0.05, 0) is 35.4 Å². The highest BCUT2D eigenvalue weighted by atomic mass is 16.5. The SMILES string of the molecule is COc1ccc(-c2c(-c3ccccc3)oc3ncnc(Nc4cccc(CC(=O)O)c4)c23)cc1. The molecule has 34 heavy (non-hydrogen) atoms. The molecule has 0 aliphatic heterocycles. The number of hydrogen-bond donors (Lipinski definition) is 2. The summed E-state index contributed by atoms with van der Waals surface area (Å²) in [5, 5.41) is 13.2. The van der Waals surface area contributed by atoms with E-state index in [1.165, 1.54) is 6.33 Å². The summed E-state index contributed by atoms with van der Waals surface area (Å²) >= 11 is 0. The maximum absolute atomic E-state index is 11.1. The Hall–Kier alpha value is -4.65. The number of ether oxygens (including phenoxy) is 1. The lowest BCUT2D eigenvalue weighted by Gasteiger charge is -2.10. The number of furan rings is 1. The van der Waals surface area contributed by atoms with Gasteiger partial charge < -0.3 is 19.6 Å². The predicted octanol–water partition coefficient (Wildman–Crippen LogP) is 5.94. The highest BCUT2D eigenvalue weighted by molar-refractivity contribution is 6.06. The van der Waals surface area contributed by atoms with Crippen LogP contribution < -0.4 is 10.1 Å². The summed E-state index contributed by atoms with van der Waals surface area (Å²) in [7, 11) is 1.63. The number of methoxy groups -OCH3 is 1. The zero-order valence-corrected chi connectivity index (χ0v) is 18.4. The van der Waals surface area contributed by atoms with E-state index in [9.17, 15) is 4.79 Å². The van der Waals surface area contributed by atoms with Crippen molar-refractivity contribution >= 4 is 28.6 Å². The molecule has 3 aromatic carbocycles. The van der Waals surface area contributed by atoms with Crippen LogP contribution in [0.5, 0.6) is 5.75 Å². The lowest BCUT2D eigenvalue weighted by Crippen LogP contribution is -2.01. The van der Waals surface area contributed by atoms with Crippen LogP contribution in [0.1, 0.15) is 5.56 Å². The van der Waals surface area contributed by atoms with Gasteiger partial charge in [0, 0.05) is 16.8 Å². The van der Waals surface area contributed by atoms with E-state index in [0.717, 1.165) is 33.5 Å². The van der Waals surface area contributed by atoms with Crippen molar-refractivity contribution in [3.63, 3.8) is 0 Å². The van der Waals surface area contributed by atoms with Crippen molar-refractivity contribution in [3.8, 4) is 28.2 Å². The number of fused-ring (bicyclic) bond motifs is 1. The number of hydrogen-bond acceptors (Lipinski definition) is 6. The molecule has 2 heterocycles. The molecular weight excluding hydrogens is 430 g/mol. The van der Waals surface area contributed by atoms with Gasteiger partial charge in [-0.2, -0.15) is 0 Å². The molecule has 7 heteroatoms. The maximum Gasteiger partial charge on any atom is 0.307 e. The number of nitrogens with one attached hydrogen (secondary N) is 1. The van der Waals surface area contributed by atoms with E-state index >= 15 is 0 Å². The fourth-order valence-electron chi connectivity index (χ4n) is 3.92. The standard InChI is InChI=1S/C27H21N3O4/c1-33-21-12-10-18(11-13-21)23-24-26(30-20-9-5-6-17(14-20)15-22(31)32)28-16-29-27(24)34-25(23)19-7-3-2-4-8-19/h2-14,16H,15H2,1H3,(H,31,32)(H,28,29,30). The second kappa shape index (κ2) is 9.07. The molecular formula is C27H21N3O4. The zero-order valence-electron chi connectivity index (χ0n) is 18.4. The number of nitrogens with zero attached hydrogens (tertiary/aromatic N) is 2. The highest BCUT2D eigenvalue weighted by Gasteiger charge is 2.22. The number of carboxylic acid groups (broad SMARTS) is 1. The molecule has 0 radical (unpaired) electrons. The van der Waals surface area contributed by atoms with Crippen LogP contribution >= 0.6 is 0 Å².